The van der Waals surface area contributed by atoms with Gasteiger partial charge < -0.3 is 10.1 Å². The maximum Gasteiger partial charge on any atom is 0.573 e. The molecule has 0 radical (unpaired) electrons. The van der Waals surface area contributed by atoms with E-state index in [1.165, 1.54) is 23.5 Å². The molecule has 0 aliphatic carbocycles. The number of carbonyl (C=O) groups excluding carboxylic acids is 1. The van der Waals surface area contributed by atoms with Crippen molar-refractivity contribution < 1.29 is 22.7 Å². The van der Waals surface area contributed by atoms with Crippen LogP contribution in [0.5, 0.6) is 5.75 Å². The summed E-state index contributed by atoms with van der Waals surface area (Å²) >= 11 is 1.49. The fourth-order valence-corrected chi connectivity index (χ4v) is 3.22. The summed E-state index contributed by atoms with van der Waals surface area (Å²) in [7, 11) is 0. The lowest BCUT2D eigenvalue weighted by molar-refractivity contribution is -0.274. The zero-order chi connectivity index (χ0) is 19.3. The summed E-state index contributed by atoms with van der Waals surface area (Å²) in [5.41, 5.74) is 2.18. The monoisotopic (exact) mass is 392 g/mol. The van der Waals surface area contributed by atoms with Gasteiger partial charge in [-0.25, -0.2) is 4.98 Å². The minimum absolute atomic E-state index is 0.0894. The van der Waals surface area contributed by atoms with Crippen molar-refractivity contribution in [3.05, 3.63) is 76.2 Å². The Morgan fingerprint density at radius 1 is 1.07 bits per heavy atom. The summed E-state index contributed by atoms with van der Waals surface area (Å²) < 4.78 is 40.2. The molecule has 0 unspecified atom stereocenters. The first-order valence-electron chi connectivity index (χ1n) is 8.00. The highest BCUT2D eigenvalue weighted by Gasteiger charge is 2.30. The molecule has 0 atom stereocenters. The van der Waals surface area contributed by atoms with Gasteiger partial charge in [-0.2, -0.15) is 0 Å². The highest BCUT2D eigenvalue weighted by Crippen LogP contribution is 2.24. The van der Waals surface area contributed by atoms with E-state index in [4.69, 9.17) is 0 Å². The lowest BCUT2D eigenvalue weighted by Gasteiger charge is -2.09. The van der Waals surface area contributed by atoms with E-state index in [2.05, 4.69) is 15.0 Å². The molecule has 0 fully saturated rings. The third-order valence-electron chi connectivity index (χ3n) is 3.51. The Morgan fingerprint density at radius 2 is 1.78 bits per heavy atom. The Kier molecular flexibility index (Phi) is 5.75. The van der Waals surface area contributed by atoms with Gasteiger partial charge in [0.2, 0.25) is 5.91 Å². The molecule has 0 aliphatic heterocycles. The van der Waals surface area contributed by atoms with Crippen molar-refractivity contribution in [3.8, 4) is 5.75 Å². The van der Waals surface area contributed by atoms with E-state index >= 15 is 0 Å². The summed E-state index contributed by atoms with van der Waals surface area (Å²) in [4.78, 5) is 16.6. The van der Waals surface area contributed by atoms with Crippen molar-refractivity contribution >= 4 is 22.9 Å². The lowest BCUT2D eigenvalue weighted by Crippen LogP contribution is -2.17. The largest absolute Gasteiger partial charge is 0.573 e. The number of anilines is 1. The number of nitrogens with one attached hydrogen (secondary N) is 1. The van der Waals surface area contributed by atoms with Gasteiger partial charge in [0, 0.05) is 17.5 Å². The van der Waals surface area contributed by atoms with Crippen LogP contribution in [0.4, 0.5) is 18.9 Å². The quantitative estimate of drug-likeness (QED) is 0.655. The average molecular weight is 392 g/mol. The Hall–Kier alpha value is -2.87. The van der Waals surface area contributed by atoms with E-state index < -0.39 is 6.36 Å². The first-order chi connectivity index (χ1) is 12.9. The van der Waals surface area contributed by atoms with Gasteiger partial charge in [0.15, 0.2) is 0 Å². The van der Waals surface area contributed by atoms with E-state index in [0.29, 0.717) is 17.8 Å². The van der Waals surface area contributed by atoms with E-state index in [9.17, 15) is 18.0 Å². The van der Waals surface area contributed by atoms with Crippen molar-refractivity contribution in [1.29, 1.82) is 0 Å². The van der Waals surface area contributed by atoms with Crippen molar-refractivity contribution in [2.24, 2.45) is 0 Å². The number of hydrogen-bond donors (Lipinski definition) is 1. The number of ether oxygens (including phenoxy) is 1. The van der Waals surface area contributed by atoms with Crippen LogP contribution >= 0.6 is 11.3 Å². The maximum absolute atomic E-state index is 12.1. The number of aromatic nitrogens is 1. The minimum Gasteiger partial charge on any atom is -0.406 e. The molecular weight excluding hydrogens is 377 g/mol. The third kappa shape index (κ3) is 6.10. The fraction of sp³-hybridized carbons (Fsp3) is 0.158. The van der Waals surface area contributed by atoms with Gasteiger partial charge in [-0.05, 0) is 29.8 Å². The van der Waals surface area contributed by atoms with Crippen LogP contribution in [0, 0.1) is 0 Å². The first kappa shape index (κ1) is 18.9. The lowest BCUT2D eigenvalue weighted by atomic mass is 10.2. The summed E-state index contributed by atoms with van der Waals surface area (Å²) in [6.07, 6.45) is -3.95. The predicted octanol–water partition coefficient (Wildman–Crippen LogP) is 4.81. The van der Waals surface area contributed by atoms with Crippen LogP contribution in [-0.4, -0.2) is 17.3 Å². The van der Waals surface area contributed by atoms with Gasteiger partial charge >= 0.3 is 6.36 Å². The molecule has 4 nitrogen and oxygen atoms in total. The molecular formula is C19H15F3N2O2S. The second-order valence-corrected chi connectivity index (χ2v) is 6.63. The van der Waals surface area contributed by atoms with Crippen molar-refractivity contribution in [1.82, 2.24) is 4.98 Å². The average Bonchev–Trinajstić information content (AvgIpc) is 3.03. The normalized spacial score (nSPS) is 11.2. The van der Waals surface area contributed by atoms with Crippen LogP contribution in [-0.2, 0) is 17.6 Å². The summed E-state index contributed by atoms with van der Waals surface area (Å²) in [5, 5.41) is 5.37. The Balaban J connectivity index is 1.53. The number of carbonyl (C=O) groups is 1. The number of rotatable bonds is 6. The summed E-state index contributed by atoms with van der Waals surface area (Å²) in [6, 6.07) is 14.9. The number of halogens is 3. The summed E-state index contributed by atoms with van der Waals surface area (Å²) in [5.74, 6) is -0.637. The molecule has 2 aromatic carbocycles. The smallest absolute Gasteiger partial charge is 0.406 e. The highest BCUT2D eigenvalue weighted by atomic mass is 32.1. The second kappa shape index (κ2) is 8.22. The predicted molar refractivity (Wildman–Crippen MR) is 96.8 cm³/mol. The molecule has 1 aromatic heterocycles. The zero-order valence-corrected chi connectivity index (χ0v) is 14.8. The SMILES string of the molecule is O=C(Cc1csc(Cc2ccccc2)n1)Nc1ccc(OC(F)(F)F)cc1. The topological polar surface area (TPSA) is 51.2 Å². The molecule has 3 rings (SSSR count). The van der Waals surface area contributed by atoms with E-state index in [1.807, 2.05) is 35.7 Å². The molecule has 140 valence electrons. The molecule has 8 heteroatoms. The molecule has 0 spiro atoms. The van der Waals surface area contributed by atoms with E-state index in [0.717, 1.165) is 22.7 Å². The van der Waals surface area contributed by atoms with E-state index in [1.54, 1.807) is 0 Å². The molecule has 0 bridgehead atoms. The van der Waals surface area contributed by atoms with Crippen LogP contribution in [0.1, 0.15) is 16.3 Å². The molecule has 0 aliphatic rings. The molecule has 1 amide bonds. The molecule has 0 saturated carbocycles. The van der Waals surface area contributed by atoms with E-state index in [-0.39, 0.29) is 18.1 Å². The van der Waals surface area contributed by atoms with Crippen molar-refractivity contribution in [3.63, 3.8) is 0 Å². The van der Waals surface area contributed by atoms with Crippen molar-refractivity contribution in [2.45, 2.75) is 19.2 Å². The molecule has 3 aromatic rings. The third-order valence-corrected chi connectivity index (χ3v) is 4.41. The number of hydrogen-bond acceptors (Lipinski definition) is 4. The number of benzene rings is 2. The maximum atomic E-state index is 12.1. The molecule has 1 heterocycles. The van der Waals surface area contributed by atoms with Gasteiger partial charge in [0.05, 0.1) is 17.1 Å². The number of amides is 1. The van der Waals surface area contributed by atoms with Crippen LogP contribution in [0.25, 0.3) is 0 Å². The molecule has 1 N–H and O–H groups in total. The highest BCUT2D eigenvalue weighted by molar-refractivity contribution is 7.09. The Morgan fingerprint density at radius 3 is 2.44 bits per heavy atom. The van der Waals surface area contributed by atoms with Crippen LogP contribution in [0.15, 0.2) is 60.0 Å². The number of alkyl halides is 3. The first-order valence-corrected chi connectivity index (χ1v) is 8.88. The van der Waals surface area contributed by atoms with Gasteiger partial charge in [-0.3, -0.25) is 4.79 Å². The summed E-state index contributed by atoms with van der Waals surface area (Å²) in [6.45, 7) is 0. The zero-order valence-electron chi connectivity index (χ0n) is 14.0. The fourth-order valence-electron chi connectivity index (χ4n) is 2.39. The Labute approximate surface area is 157 Å². The van der Waals surface area contributed by atoms with Gasteiger partial charge in [0.1, 0.15) is 5.75 Å². The Bertz CT molecular complexity index is 893. The van der Waals surface area contributed by atoms with Gasteiger partial charge in [-0.1, -0.05) is 30.3 Å². The number of thiazole rings is 1. The van der Waals surface area contributed by atoms with Crippen molar-refractivity contribution in [2.75, 3.05) is 5.32 Å². The van der Waals surface area contributed by atoms with Gasteiger partial charge in [0.25, 0.3) is 0 Å². The van der Waals surface area contributed by atoms with Crippen LogP contribution < -0.4 is 10.1 Å². The molecule has 27 heavy (non-hydrogen) atoms. The van der Waals surface area contributed by atoms with Crippen LogP contribution in [0.2, 0.25) is 0 Å². The second-order valence-electron chi connectivity index (χ2n) is 5.69. The number of nitrogens with zero attached hydrogens (tertiary/aromatic N) is 1. The standard InChI is InChI=1S/C19H15F3N2O2S/c20-19(21,22)26-16-8-6-14(7-9-16)23-17(25)11-15-12-27-18(24-15)10-13-4-2-1-3-5-13/h1-9,12H,10-11H2,(H,23,25). The molecule has 0 saturated heterocycles. The van der Waals surface area contributed by atoms with Gasteiger partial charge in [-0.15, -0.1) is 24.5 Å². The van der Waals surface area contributed by atoms with Crippen LogP contribution in [0.3, 0.4) is 0 Å². The minimum atomic E-state index is -4.74.